The van der Waals surface area contributed by atoms with E-state index in [4.69, 9.17) is 4.42 Å². The van der Waals surface area contributed by atoms with E-state index in [2.05, 4.69) is 20.5 Å². The zero-order chi connectivity index (χ0) is 21.2. The number of rotatable bonds is 5. The van der Waals surface area contributed by atoms with Gasteiger partial charge < -0.3 is 9.73 Å². The van der Waals surface area contributed by atoms with Crippen molar-refractivity contribution in [3.63, 3.8) is 0 Å². The normalized spacial score (nSPS) is 13.7. The molecule has 7 nitrogen and oxygen atoms in total. The molecule has 0 fully saturated rings. The lowest BCUT2D eigenvalue weighted by Crippen LogP contribution is -2.36. The molecule has 3 heterocycles. The standard InChI is InChI=1S/C23H20N4O3S/c28-21(24-17-8-3-6-15-5-1-2-7-16(15)17)14-27-11-10-18-20(13-27)31-23(25-18)26-22(29)19-9-4-12-30-19/h1-9,12H,10-11,13-14H2,(H,24,28)(H,25,26,29). The van der Waals surface area contributed by atoms with Gasteiger partial charge in [0.1, 0.15) is 0 Å². The number of carbonyl (C=O) groups excluding carboxylic acids is 2. The first-order chi connectivity index (χ1) is 15.2. The second kappa shape index (κ2) is 8.33. The number of aromatic nitrogens is 1. The number of benzene rings is 2. The minimum Gasteiger partial charge on any atom is -0.459 e. The molecule has 0 radical (unpaired) electrons. The first-order valence-electron chi connectivity index (χ1n) is 9.99. The van der Waals surface area contributed by atoms with Gasteiger partial charge in [-0.1, -0.05) is 36.4 Å². The molecule has 2 amide bonds. The zero-order valence-corrected chi connectivity index (χ0v) is 17.4. The molecule has 2 aromatic heterocycles. The van der Waals surface area contributed by atoms with Gasteiger partial charge in [-0.05, 0) is 23.6 Å². The third-order valence-electron chi connectivity index (χ3n) is 5.21. The Labute approximate surface area is 182 Å². The van der Waals surface area contributed by atoms with E-state index in [0.717, 1.165) is 40.0 Å². The van der Waals surface area contributed by atoms with E-state index in [1.54, 1.807) is 12.1 Å². The Morgan fingerprint density at radius 2 is 1.94 bits per heavy atom. The Bertz CT molecular complexity index is 1240. The highest BCUT2D eigenvalue weighted by atomic mass is 32.1. The summed E-state index contributed by atoms with van der Waals surface area (Å²) < 4.78 is 5.12. The highest BCUT2D eigenvalue weighted by Gasteiger charge is 2.23. The van der Waals surface area contributed by atoms with E-state index >= 15 is 0 Å². The number of nitrogens with one attached hydrogen (secondary N) is 2. The molecule has 5 rings (SSSR count). The van der Waals surface area contributed by atoms with Gasteiger partial charge in [0.15, 0.2) is 10.9 Å². The Hall–Kier alpha value is -3.49. The van der Waals surface area contributed by atoms with Crippen molar-refractivity contribution in [1.29, 1.82) is 0 Å². The summed E-state index contributed by atoms with van der Waals surface area (Å²) in [5, 5.41) is 8.50. The van der Waals surface area contributed by atoms with Gasteiger partial charge in [0.25, 0.3) is 5.91 Å². The number of fused-ring (bicyclic) bond motifs is 2. The summed E-state index contributed by atoms with van der Waals surface area (Å²) in [7, 11) is 0. The molecule has 0 spiro atoms. The highest BCUT2D eigenvalue weighted by Crippen LogP contribution is 2.29. The summed E-state index contributed by atoms with van der Waals surface area (Å²) in [6, 6.07) is 17.2. The van der Waals surface area contributed by atoms with E-state index in [-0.39, 0.29) is 17.6 Å². The molecule has 8 heteroatoms. The highest BCUT2D eigenvalue weighted by molar-refractivity contribution is 7.15. The lowest BCUT2D eigenvalue weighted by atomic mass is 10.1. The molecular weight excluding hydrogens is 412 g/mol. The SMILES string of the molecule is O=C(CN1CCc2nc(NC(=O)c3ccco3)sc2C1)Nc1cccc2ccccc12. The fourth-order valence-electron chi connectivity index (χ4n) is 3.73. The van der Waals surface area contributed by atoms with Crippen LogP contribution < -0.4 is 10.6 Å². The van der Waals surface area contributed by atoms with Crippen LogP contribution >= 0.6 is 11.3 Å². The number of carbonyl (C=O) groups is 2. The molecule has 4 aromatic rings. The van der Waals surface area contributed by atoms with Crippen LogP contribution in [0.2, 0.25) is 0 Å². The molecular formula is C23H20N4O3S. The van der Waals surface area contributed by atoms with Crippen LogP contribution in [-0.2, 0) is 17.8 Å². The van der Waals surface area contributed by atoms with E-state index in [0.29, 0.717) is 18.2 Å². The van der Waals surface area contributed by atoms with Crippen LogP contribution in [0.4, 0.5) is 10.8 Å². The number of nitrogens with zero attached hydrogens (tertiary/aromatic N) is 2. The predicted octanol–water partition coefficient (Wildman–Crippen LogP) is 4.14. The lowest BCUT2D eigenvalue weighted by Gasteiger charge is -2.25. The molecule has 1 aliphatic rings. The number of anilines is 2. The third-order valence-corrected chi connectivity index (χ3v) is 6.20. The maximum atomic E-state index is 12.7. The Balaban J connectivity index is 1.22. The van der Waals surface area contributed by atoms with E-state index in [1.165, 1.54) is 17.6 Å². The minimum atomic E-state index is -0.317. The topological polar surface area (TPSA) is 87.5 Å². The Morgan fingerprint density at radius 3 is 2.81 bits per heavy atom. The quantitative estimate of drug-likeness (QED) is 0.495. The van der Waals surface area contributed by atoms with Crippen molar-refractivity contribution >= 4 is 44.7 Å². The molecule has 156 valence electrons. The van der Waals surface area contributed by atoms with Crippen molar-refractivity contribution in [2.45, 2.75) is 13.0 Å². The molecule has 2 aromatic carbocycles. The third kappa shape index (κ3) is 4.21. The fourth-order valence-corrected chi connectivity index (χ4v) is 4.78. The molecule has 0 unspecified atom stereocenters. The predicted molar refractivity (Wildman–Crippen MR) is 120 cm³/mol. The number of hydrogen-bond acceptors (Lipinski definition) is 6. The van der Waals surface area contributed by atoms with Crippen molar-refractivity contribution in [3.8, 4) is 0 Å². The fraction of sp³-hybridized carbons (Fsp3) is 0.174. The van der Waals surface area contributed by atoms with Crippen molar-refractivity contribution in [3.05, 3.63) is 77.2 Å². The summed E-state index contributed by atoms with van der Waals surface area (Å²) in [6.45, 7) is 1.67. The van der Waals surface area contributed by atoms with Crippen LogP contribution in [0.25, 0.3) is 10.8 Å². The molecule has 0 aliphatic carbocycles. The number of amides is 2. The molecule has 0 saturated carbocycles. The summed E-state index contributed by atoms with van der Waals surface area (Å²) in [6.07, 6.45) is 2.20. The van der Waals surface area contributed by atoms with Crippen LogP contribution in [0.1, 0.15) is 21.1 Å². The first-order valence-corrected chi connectivity index (χ1v) is 10.8. The van der Waals surface area contributed by atoms with Gasteiger partial charge in [0.05, 0.1) is 18.5 Å². The van der Waals surface area contributed by atoms with Crippen molar-refractivity contribution in [2.75, 3.05) is 23.7 Å². The smallest absolute Gasteiger partial charge is 0.293 e. The summed E-state index contributed by atoms with van der Waals surface area (Å²) in [4.78, 5) is 32.5. The molecule has 0 bridgehead atoms. The van der Waals surface area contributed by atoms with E-state index in [9.17, 15) is 9.59 Å². The Morgan fingerprint density at radius 1 is 1.06 bits per heavy atom. The molecule has 0 saturated heterocycles. The molecule has 2 N–H and O–H groups in total. The van der Waals surface area contributed by atoms with Gasteiger partial charge in [-0.25, -0.2) is 4.98 Å². The minimum absolute atomic E-state index is 0.0457. The Kier molecular flexibility index (Phi) is 5.23. The van der Waals surface area contributed by atoms with Crippen molar-refractivity contribution < 1.29 is 14.0 Å². The van der Waals surface area contributed by atoms with Gasteiger partial charge in [-0.3, -0.25) is 19.8 Å². The number of furan rings is 1. The van der Waals surface area contributed by atoms with Gasteiger partial charge in [0, 0.05) is 35.5 Å². The van der Waals surface area contributed by atoms with Crippen LogP contribution in [-0.4, -0.2) is 34.8 Å². The first kappa shape index (κ1) is 19.5. The largest absolute Gasteiger partial charge is 0.459 e. The second-order valence-corrected chi connectivity index (χ2v) is 8.44. The zero-order valence-electron chi connectivity index (χ0n) is 16.6. The summed E-state index contributed by atoms with van der Waals surface area (Å²) in [5.41, 5.74) is 1.80. The van der Waals surface area contributed by atoms with Crippen molar-refractivity contribution in [2.24, 2.45) is 0 Å². The second-order valence-electron chi connectivity index (χ2n) is 7.36. The average Bonchev–Trinajstić information content (AvgIpc) is 3.43. The van der Waals surface area contributed by atoms with E-state index in [1.807, 2.05) is 42.5 Å². The average molecular weight is 433 g/mol. The summed E-state index contributed by atoms with van der Waals surface area (Å²) in [5.74, 6) is -0.113. The summed E-state index contributed by atoms with van der Waals surface area (Å²) >= 11 is 1.44. The lowest BCUT2D eigenvalue weighted by molar-refractivity contribution is -0.117. The van der Waals surface area contributed by atoms with Crippen LogP contribution in [0.3, 0.4) is 0 Å². The molecule has 31 heavy (non-hydrogen) atoms. The van der Waals surface area contributed by atoms with Gasteiger partial charge in [-0.2, -0.15) is 0 Å². The van der Waals surface area contributed by atoms with E-state index < -0.39 is 0 Å². The number of hydrogen-bond donors (Lipinski definition) is 2. The van der Waals surface area contributed by atoms with Crippen LogP contribution in [0.5, 0.6) is 0 Å². The van der Waals surface area contributed by atoms with Crippen LogP contribution in [0.15, 0.2) is 65.3 Å². The maximum Gasteiger partial charge on any atom is 0.293 e. The van der Waals surface area contributed by atoms with Gasteiger partial charge in [-0.15, -0.1) is 11.3 Å². The van der Waals surface area contributed by atoms with Crippen LogP contribution in [0, 0.1) is 0 Å². The molecule has 1 aliphatic heterocycles. The monoisotopic (exact) mass is 432 g/mol. The number of thiazole rings is 1. The molecule has 0 atom stereocenters. The van der Waals surface area contributed by atoms with Gasteiger partial charge in [0.2, 0.25) is 5.91 Å². The maximum absolute atomic E-state index is 12.7. The van der Waals surface area contributed by atoms with Crippen molar-refractivity contribution in [1.82, 2.24) is 9.88 Å². The van der Waals surface area contributed by atoms with Gasteiger partial charge >= 0.3 is 0 Å².